The summed E-state index contributed by atoms with van der Waals surface area (Å²) in [5, 5.41) is 12.7. The summed E-state index contributed by atoms with van der Waals surface area (Å²) in [5.41, 5.74) is -0.301. The Labute approximate surface area is 108 Å². The molecule has 1 aromatic rings. The standard InChI is InChI=1S/C14H21NO3/c1-3-15-14(13(16)17,10-11-18-4-2)12-8-6-5-7-9-12/h5-9,15H,3-4,10-11H2,1-2H3,(H,16,17). The molecular weight excluding hydrogens is 230 g/mol. The summed E-state index contributed by atoms with van der Waals surface area (Å²) < 4.78 is 5.30. The lowest BCUT2D eigenvalue weighted by Crippen LogP contribution is -2.50. The Kier molecular flexibility index (Phi) is 5.82. The SMILES string of the molecule is CCNC(CCOCC)(C(=O)O)c1ccccc1. The van der Waals surface area contributed by atoms with Crippen molar-refractivity contribution in [1.82, 2.24) is 5.32 Å². The van der Waals surface area contributed by atoms with Crippen LogP contribution in [0.15, 0.2) is 30.3 Å². The van der Waals surface area contributed by atoms with Crippen molar-refractivity contribution in [2.45, 2.75) is 25.8 Å². The fourth-order valence-corrected chi connectivity index (χ4v) is 2.03. The average Bonchev–Trinajstić information content (AvgIpc) is 2.38. The monoisotopic (exact) mass is 251 g/mol. The minimum Gasteiger partial charge on any atom is -0.480 e. The Morgan fingerprint density at radius 2 is 2.00 bits per heavy atom. The first kappa shape index (κ1) is 14.7. The Morgan fingerprint density at radius 3 is 2.50 bits per heavy atom. The van der Waals surface area contributed by atoms with Crippen LogP contribution < -0.4 is 5.32 Å². The molecule has 1 aromatic carbocycles. The first-order valence-corrected chi connectivity index (χ1v) is 6.29. The van der Waals surface area contributed by atoms with E-state index in [0.29, 0.717) is 26.2 Å². The Bertz CT molecular complexity index is 367. The third-order valence-corrected chi connectivity index (χ3v) is 2.94. The first-order chi connectivity index (χ1) is 8.67. The van der Waals surface area contributed by atoms with Crippen LogP contribution >= 0.6 is 0 Å². The summed E-state index contributed by atoms with van der Waals surface area (Å²) >= 11 is 0. The maximum Gasteiger partial charge on any atom is 0.328 e. The van der Waals surface area contributed by atoms with Crippen LogP contribution in [0.5, 0.6) is 0 Å². The number of hydrogen-bond acceptors (Lipinski definition) is 3. The highest BCUT2D eigenvalue weighted by molar-refractivity contribution is 5.80. The van der Waals surface area contributed by atoms with Crippen LogP contribution in [0.1, 0.15) is 25.8 Å². The van der Waals surface area contributed by atoms with E-state index in [2.05, 4.69) is 5.32 Å². The number of carbonyl (C=O) groups is 1. The molecule has 0 fully saturated rings. The van der Waals surface area contributed by atoms with Crippen molar-refractivity contribution in [3.63, 3.8) is 0 Å². The minimum atomic E-state index is -1.06. The van der Waals surface area contributed by atoms with Gasteiger partial charge in [-0.05, 0) is 19.0 Å². The van der Waals surface area contributed by atoms with E-state index in [1.807, 2.05) is 44.2 Å². The van der Waals surface area contributed by atoms with Crippen LogP contribution in [0.3, 0.4) is 0 Å². The largest absolute Gasteiger partial charge is 0.480 e. The topological polar surface area (TPSA) is 58.6 Å². The van der Waals surface area contributed by atoms with Gasteiger partial charge < -0.3 is 9.84 Å². The van der Waals surface area contributed by atoms with E-state index in [9.17, 15) is 9.90 Å². The van der Waals surface area contributed by atoms with Gasteiger partial charge in [0.05, 0.1) is 0 Å². The lowest BCUT2D eigenvalue weighted by molar-refractivity contribution is -0.146. The molecule has 1 atom stereocenters. The number of aliphatic carboxylic acids is 1. The van der Waals surface area contributed by atoms with Crippen molar-refractivity contribution in [2.24, 2.45) is 0 Å². The van der Waals surface area contributed by atoms with Gasteiger partial charge >= 0.3 is 5.97 Å². The van der Waals surface area contributed by atoms with Gasteiger partial charge in [0.15, 0.2) is 0 Å². The Morgan fingerprint density at radius 1 is 1.33 bits per heavy atom. The van der Waals surface area contributed by atoms with E-state index in [4.69, 9.17) is 4.74 Å². The van der Waals surface area contributed by atoms with Gasteiger partial charge in [-0.15, -0.1) is 0 Å². The molecule has 100 valence electrons. The van der Waals surface area contributed by atoms with Gasteiger partial charge in [0, 0.05) is 19.6 Å². The zero-order valence-electron chi connectivity index (χ0n) is 11.0. The highest BCUT2D eigenvalue weighted by Crippen LogP contribution is 2.25. The fourth-order valence-electron chi connectivity index (χ4n) is 2.03. The molecule has 0 saturated carbocycles. The molecular formula is C14H21NO3. The number of rotatable bonds is 8. The predicted molar refractivity (Wildman–Crippen MR) is 70.5 cm³/mol. The third-order valence-electron chi connectivity index (χ3n) is 2.94. The number of hydrogen-bond donors (Lipinski definition) is 2. The van der Waals surface area contributed by atoms with Gasteiger partial charge in [-0.1, -0.05) is 37.3 Å². The van der Waals surface area contributed by atoms with E-state index in [1.54, 1.807) is 0 Å². The lowest BCUT2D eigenvalue weighted by atomic mass is 9.86. The van der Waals surface area contributed by atoms with Gasteiger partial charge in [-0.3, -0.25) is 5.32 Å². The van der Waals surface area contributed by atoms with E-state index >= 15 is 0 Å². The number of carboxylic acid groups (broad SMARTS) is 1. The molecule has 2 N–H and O–H groups in total. The van der Waals surface area contributed by atoms with Crippen LogP contribution in [0.25, 0.3) is 0 Å². The summed E-state index contributed by atoms with van der Waals surface area (Å²) in [5.74, 6) is -0.866. The normalized spacial score (nSPS) is 14.1. The van der Waals surface area contributed by atoms with Crippen molar-refractivity contribution in [2.75, 3.05) is 19.8 Å². The maximum atomic E-state index is 11.7. The minimum absolute atomic E-state index is 0.411. The molecule has 0 amide bonds. The molecule has 0 spiro atoms. The third kappa shape index (κ3) is 3.31. The van der Waals surface area contributed by atoms with Crippen LogP contribution in [0.2, 0.25) is 0 Å². The van der Waals surface area contributed by atoms with Crippen molar-refractivity contribution >= 4 is 5.97 Å². The Hall–Kier alpha value is -1.39. The number of ether oxygens (including phenoxy) is 1. The molecule has 0 aromatic heterocycles. The van der Waals surface area contributed by atoms with Crippen molar-refractivity contribution in [3.8, 4) is 0 Å². The highest BCUT2D eigenvalue weighted by atomic mass is 16.5. The molecule has 0 aliphatic carbocycles. The fraction of sp³-hybridized carbons (Fsp3) is 0.500. The molecule has 0 saturated heterocycles. The molecule has 0 heterocycles. The summed E-state index contributed by atoms with van der Waals surface area (Å²) in [6, 6.07) is 9.26. The number of carboxylic acids is 1. The van der Waals surface area contributed by atoms with E-state index in [-0.39, 0.29) is 0 Å². The van der Waals surface area contributed by atoms with Gasteiger partial charge in [0.2, 0.25) is 0 Å². The first-order valence-electron chi connectivity index (χ1n) is 6.29. The molecule has 1 unspecified atom stereocenters. The van der Waals surface area contributed by atoms with E-state index in [1.165, 1.54) is 0 Å². The van der Waals surface area contributed by atoms with Gasteiger partial charge in [0.25, 0.3) is 0 Å². The van der Waals surface area contributed by atoms with Crippen LogP contribution in [0.4, 0.5) is 0 Å². The van der Waals surface area contributed by atoms with Crippen molar-refractivity contribution < 1.29 is 14.6 Å². The van der Waals surface area contributed by atoms with Crippen molar-refractivity contribution in [1.29, 1.82) is 0 Å². The molecule has 0 aliphatic rings. The molecule has 4 nitrogen and oxygen atoms in total. The summed E-state index contributed by atoms with van der Waals surface area (Å²) in [6.07, 6.45) is 0.411. The second-order valence-corrected chi connectivity index (χ2v) is 4.05. The van der Waals surface area contributed by atoms with Gasteiger partial charge in [-0.25, -0.2) is 4.79 Å². The molecule has 1 rings (SSSR count). The van der Waals surface area contributed by atoms with Crippen LogP contribution in [0, 0.1) is 0 Å². The second kappa shape index (κ2) is 7.13. The average molecular weight is 251 g/mol. The summed E-state index contributed by atoms with van der Waals surface area (Å²) in [7, 11) is 0. The molecule has 0 aliphatic heterocycles. The summed E-state index contributed by atoms with van der Waals surface area (Å²) in [6.45, 7) is 5.41. The van der Waals surface area contributed by atoms with E-state index in [0.717, 1.165) is 5.56 Å². The maximum absolute atomic E-state index is 11.7. The van der Waals surface area contributed by atoms with Crippen LogP contribution in [-0.4, -0.2) is 30.8 Å². The molecule has 0 bridgehead atoms. The summed E-state index contributed by atoms with van der Waals surface area (Å²) in [4.78, 5) is 11.7. The van der Waals surface area contributed by atoms with Crippen LogP contribution in [-0.2, 0) is 15.1 Å². The van der Waals surface area contributed by atoms with Gasteiger partial charge in [-0.2, -0.15) is 0 Å². The van der Waals surface area contributed by atoms with Crippen molar-refractivity contribution in [3.05, 3.63) is 35.9 Å². The molecule has 4 heteroatoms. The molecule has 0 radical (unpaired) electrons. The van der Waals surface area contributed by atoms with Gasteiger partial charge in [0.1, 0.15) is 5.54 Å². The zero-order chi connectivity index (χ0) is 13.4. The smallest absolute Gasteiger partial charge is 0.328 e. The predicted octanol–water partition coefficient (Wildman–Crippen LogP) is 2.00. The molecule has 18 heavy (non-hydrogen) atoms. The quantitative estimate of drug-likeness (QED) is 0.694. The Balaban J connectivity index is 3.01. The number of benzene rings is 1. The highest BCUT2D eigenvalue weighted by Gasteiger charge is 2.39. The lowest BCUT2D eigenvalue weighted by Gasteiger charge is -2.30. The van der Waals surface area contributed by atoms with E-state index < -0.39 is 11.5 Å². The second-order valence-electron chi connectivity index (χ2n) is 4.05. The number of nitrogens with one attached hydrogen (secondary N) is 1. The number of likely N-dealkylation sites (N-methyl/N-ethyl adjacent to an activating group) is 1. The zero-order valence-corrected chi connectivity index (χ0v) is 11.0.